The Bertz CT molecular complexity index is 723. The molecule has 0 saturated carbocycles. The third kappa shape index (κ3) is 3.00. The van der Waals surface area contributed by atoms with Crippen LogP contribution in [0.25, 0.3) is 0 Å². The van der Waals surface area contributed by atoms with Crippen molar-refractivity contribution in [1.29, 1.82) is 0 Å². The lowest BCUT2D eigenvalue weighted by atomic mass is 10.0. The number of rotatable bonds is 4. The van der Waals surface area contributed by atoms with Crippen LogP contribution in [0.2, 0.25) is 0 Å². The van der Waals surface area contributed by atoms with Gasteiger partial charge in [-0.25, -0.2) is 9.97 Å². The topological polar surface area (TPSA) is 54.3 Å². The molecule has 0 aromatic carbocycles. The molecule has 1 amide bonds. The smallest absolute Gasteiger partial charge is 0.245 e. The molecule has 1 aliphatic heterocycles. The molecular formula is C18H25N5O. The second-order valence-electron chi connectivity index (χ2n) is 6.48. The summed E-state index contributed by atoms with van der Waals surface area (Å²) in [6.45, 7) is 5.24. The van der Waals surface area contributed by atoms with Crippen molar-refractivity contribution < 1.29 is 4.79 Å². The number of hydrogen-bond donors (Lipinski definition) is 0. The van der Waals surface area contributed by atoms with Crippen molar-refractivity contribution >= 4 is 11.7 Å². The van der Waals surface area contributed by atoms with Crippen molar-refractivity contribution in [2.45, 2.75) is 39.3 Å². The fourth-order valence-corrected chi connectivity index (χ4v) is 3.37. The Labute approximate surface area is 143 Å². The summed E-state index contributed by atoms with van der Waals surface area (Å²) in [4.78, 5) is 26.1. The predicted octanol–water partition coefficient (Wildman–Crippen LogP) is 2.19. The molecule has 6 nitrogen and oxygen atoms in total. The van der Waals surface area contributed by atoms with Gasteiger partial charge in [0.05, 0.1) is 12.2 Å². The van der Waals surface area contributed by atoms with Gasteiger partial charge in [0.2, 0.25) is 5.91 Å². The van der Waals surface area contributed by atoms with Gasteiger partial charge >= 0.3 is 0 Å². The summed E-state index contributed by atoms with van der Waals surface area (Å²) < 4.78 is 1.99. The third-order valence-corrected chi connectivity index (χ3v) is 4.55. The molecule has 0 spiro atoms. The van der Waals surface area contributed by atoms with Crippen LogP contribution in [-0.4, -0.2) is 46.0 Å². The van der Waals surface area contributed by atoms with Crippen LogP contribution in [0, 0.1) is 6.92 Å². The van der Waals surface area contributed by atoms with E-state index in [1.165, 1.54) is 5.56 Å². The summed E-state index contributed by atoms with van der Waals surface area (Å²) >= 11 is 0. The maximum Gasteiger partial charge on any atom is 0.245 e. The number of aromatic nitrogens is 3. The third-order valence-electron chi connectivity index (χ3n) is 4.55. The van der Waals surface area contributed by atoms with Crippen molar-refractivity contribution in [3.63, 3.8) is 0 Å². The Balaban J connectivity index is 1.86. The molecule has 6 heteroatoms. The van der Waals surface area contributed by atoms with Crippen molar-refractivity contribution in [2.24, 2.45) is 0 Å². The highest BCUT2D eigenvalue weighted by Crippen LogP contribution is 2.27. The quantitative estimate of drug-likeness (QED) is 0.864. The lowest BCUT2D eigenvalue weighted by molar-refractivity contribution is -0.135. The first-order valence-corrected chi connectivity index (χ1v) is 8.46. The lowest BCUT2D eigenvalue weighted by Crippen LogP contribution is -2.41. The molecule has 3 heterocycles. The van der Waals surface area contributed by atoms with Gasteiger partial charge < -0.3 is 14.4 Å². The van der Waals surface area contributed by atoms with Gasteiger partial charge in [-0.05, 0) is 31.9 Å². The Morgan fingerprint density at radius 2 is 2.00 bits per heavy atom. The maximum absolute atomic E-state index is 13.0. The minimum atomic E-state index is -0.141. The van der Waals surface area contributed by atoms with Gasteiger partial charge in [-0.15, -0.1) is 0 Å². The molecule has 3 rings (SSSR count). The van der Waals surface area contributed by atoms with E-state index >= 15 is 0 Å². The number of anilines is 1. The second kappa shape index (κ2) is 6.63. The fraction of sp³-hybridized carbons (Fsp3) is 0.500. The highest BCUT2D eigenvalue weighted by molar-refractivity contribution is 5.80. The first kappa shape index (κ1) is 16.5. The number of nitrogens with zero attached hydrogens (tertiary/aromatic N) is 5. The molecule has 0 radical (unpaired) electrons. The second-order valence-corrected chi connectivity index (χ2v) is 6.48. The van der Waals surface area contributed by atoms with E-state index in [0.29, 0.717) is 6.54 Å². The normalized spacial score (nSPS) is 15.1. The van der Waals surface area contributed by atoms with Crippen LogP contribution < -0.4 is 4.90 Å². The standard InChI is InChI=1S/C18H25N5O/c1-5-16(22-9-6-7-10-22)18(24)23-11-8-14-15(12-23)19-13(2)20-17(14)21(3)4/h6-7,9-10,16H,5,8,11-12H2,1-4H3/t16-/m1/s1. The summed E-state index contributed by atoms with van der Waals surface area (Å²) in [7, 11) is 4.00. The summed E-state index contributed by atoms with van der Waals surface area (Å²) in [6, 6.07) is 3.78. The molecule has 0 aliphatic carbocycles. The predicted molar refractivity (Wildman–Crippen MR) is 94.0 cm³/mol. The molecule has 0 saturated heterocycles. The number of hydrogen-bond acceptors (Lipinski definition) is 4. The first-order valence-electron chi connectivity index (χ1n) is 8.46. The molecule has 0 bridgehead atoms. The van der Waals surface area contributed by atoms with Gasteiger partial charge in [0.1, 0.15) is 17.7 Å². The highest BCUT2D eigenvalue weighted by atomic mass is 16.2. The van der Waals surface area contributed by atoms with Gasteiger partial charge in [-0.3, -0.25) is 4.79 Å². The summed E-state index contributed by atoms with van der Waals surface area (Å²) in [5.41, 5.74) is 2.15. The molecular weight excluding hydrogens is 302 g/mol. The van der Waals surface area contributed by atoms with E-state index in [-0.39, 0.29) is 11.9 Å². The molecule has 24 heavy (non-hydrogen) atoms. The number of carbonyl (C=O) groups is 1. The minimum absolute atomic E-state index is 0.141. The van der Waals surface area contributed by atoms with E-state index in [9.17, 15) is 4.79 Å². The number of amides is 1. The van der Waals surface area contributed by atoms with Crippen molar-refractivity contribution in [1.82, 2.24) is 19.4 Å². The first-order chi connectivity index (χ1) is 11.5. The summed E-state index contributed by atoms with van der Waals surface area (Å²) in [5.74, 6) is 1.90. The Morgan fingerprint density at radius 3 is 2.62 bits per heavy atom. The van der Waals surface area contributed by atoms with Crippen molar-refractivity contribution in [3.8, 4) is 0 Å². The van der Waals surface area contributed by atoms with Gasteiger partial charge in [0.15, 0.2) is 0 Å². The Hall–Kier alpha value is -2.37. The molecule has 0 fully saturated rings. The largest absolute Gasteiger partial charge is 0.362 e. The van der Waals surface area contributed by atoms with E-state index in [2.05, 4.69) is 16.9 Å². The van der Waals surface area contributed by atoms with Crippen LogP contribution in [0.3, 0.4) is 0 Å². The monoisotopic (exact) mass is 327 g/mol. The molecule has 1 aliphatic rings. The zero-order valence-corrected chi connectivity index (χ0v) is 14.9. The van der Waals surface area contributed by atoms with Crippen LogP contribution >= 0.6 is 0 Å². The van der Waals surface area contributed by atoms with Crippen molar-refractivity contribution in [2.75, 3.05) is 25.5 Å². The SMILES string of the molecule is CC[C@H](C(=O)N1CCc2c(nc(C)nc2N(C)C)C1)n1cccc1. The molecule has 2 aromatic heterocycles. The summed E-state index contributed by atoms with van der Waals surface area (Å²) in [6.07, 6.45) is 5.50. The Morgan fingerprint density at radius 1 is 1.29 bits per heavy atom. The van der Waals surface area contributed by atoms with Crippen LogP contribution in [0.1, 0.15) is 36.5 Å². The summed E-state index contributed by atoms with van der Waals surface area (Å²) in [5, 5.41) is 0. The van der Waals surface area contributed by atoms with E-state index < -0.39 is 0 Å². The average Bonchev–Trinajstić information content (AvgIpc) is 3.08. The van der Waals surface area contributed by atoms with Crippen molar-refractivity contribution in [3.05, 3.63) is 41.6 Å². The zero-order valence-electron chi connectivity index (χ0n) is 14.9. The highest BCUT2D eigenvalue weighted by Gasteiger charge is 2.29. The molecule has 2 aromatic rings. The molecule has 128 valence electrons. The van der Waals surface area contributed by atoms with E-state index in [4.69, 9.17) is 0 Å². The molecule has 1 atom stereocenters. The van der Waals surface area contributed by atoms with Gasteiger partial charge in [-0.1, -0.05) is 6.92 Å². The Kier molecular flexibility index (Phi) is 4.55. The molecule has 0 N–H and O–H groups in total. The number of aryl methyl sites for hydroxylation is 1. The van der Waals surface area contributed by atoms with E-state index in [0.717, 1.165) is 36.7 Å². The van der Waals surface area contributed by atoms with Crippen LogP contribution in [0.4, 0.5) is 5.82 Å². The van der Waals surface area contributed by atoms with E-state index in [1.54, 1.807) is 0 Å². The lowest BCUT2D eigenvalue weighted by Gasteiger charge is -2.33. The van der Waals surface area contributed by atoms with Gasteiger partial charge in [0.25, 0.3) is 0 Å². The zero-order chi connectivity index (χ0) is 17.3. The van der Waals surface area contributed by atoms with Crippen LogP contribution in [-0.2, 0) is 17.8 Å². The van der Waals surface area contributed by atoms with Crippen LogP contribution in [0.5, 0.6) is 0 Å². The maximum atomic E-state index is 13.0. The average molecular weight is 327 g/mol. The fourth-order valence-electron chi connectivity index (χ4n) is 3.37. The number of fused-ring (bicyclic) bond motifs is 1. The van der Waals surface area contributed by atoms with Gasteiger partial charge in [0, 0.05) is 38.6 Å². The number of carbonyl (C=O) groups excluding carboxylic acids is 1. The van der Waals surface area contributed by atoms with Crippen LogP contribution in [0.15, 0.2) is 24.5 Å². The van der Waals surface area contributed by atoms with E-state index in [1.807, 2.05) is 59.9 Å². The molecule has 0 unspecified atom stereocenters. The van der Waals surface area contributed by atoms with Gasteiger partial charge in [-0.2, -0.15) is 0 Å². The minimum Gasteiger partial charge on any atom is -0.362 e.